The van der Waals surface area contributed by atoms with Gasteiger partial charge in [-0.25, -0.2) is 0 Å². The number of benzene rings is 1. The molecule has 0 bridgehead atoms. The summed E-state index contributed by atoms with van der Waals surface area (Å²) in [5, 5.41) is 9.56. The zero-order valence-electron chi connectivity index (χ0n) is 18.3. The van der Waals surface area contributed by atoms with Crippen molar-refractivity contribution in [3.8, 4) is 11.1 Å². The van der Waals surface area contributed by atoms with Crippen molar-refractivity contribution in [2.75, 3.05) is 18.0 Å². The van der Waals surface area contributed by atoms with Gasteiger partial charge >= 0.3 is 5.97 Å². The van der Waals surface area contributed by atoms with Crippen LogP contribution in [0.25, 0.3) is 11.1 Å². The van der Waals surface area contributed by atoms with Crippen molar-refractivity contribution < 1.29 is 14.7 Å². The van der Waals surface area contributed by atoms with Gasteiger partial charge in [0.2, 0.25) is 5.91 Å². The predicted molar refractivity (Wildman–Crippen MR) is 119 cm³/mol. The zero-order valence-corrected chi connectivity index (χ0v) is 18.3. The van der Waals surface area contributed by atoms with Crippen LogP contribution in [0.1, 0.15) is 49.2 Å². The van der Waals surface area contributed by atoms with Crippen LogP contribution in [-0.4, -0.2) is 35.1 Å². The Hall–Kier alpha value is -2.89. The lowest BCUT2D eigenvalue weighted by atomic mass is 9.82. The number of aliphatic carboxylic acids is 1. The minimum Gasteiger partial charge on any atom is -0.481 e. The summed E-state index contributed by atoms with van der Waals surface area (Å²) < 4.78 is 0. The Morgan fingerprint density at radius 3 is 2.20 bits per heavy atom. The third-order valence-electron chi connectivity index (χ3n) is 6.04. The number of carboxylic acid groups (broad SMARTS) is 1. The van der Waals surface area contributed by atoms with Crippen molar-refractivity contribution in [3.63, 3.8) is 0 Å². The quantitative estimate of drug-likeness (QED) is 0.759. The van der Waals surface area contributed by atoms with E-state index in [9.17, 15) is 14.7 Å². The molecule has 0 spiro atoms. The fourth-order valence-corrected chi connectivity index (χ4v) is 4.25. The maximum Gasteiger partial charge on any atom is 0.307 e. The molecule has 1 aliphatic heterocycles. The van der Waals surface area contributed by atoms with E-state index in [1.165, 1.54) is 0 Å². The highest BCUT2D eigenvalue weighted by Gasteiger charge is 2.30. The lowest BCUT2D eigenvalue weighted by Crippen LogP contribution is -2.38. The number of anilines is 1. The lowest BCUT2D eigenvalue weighted by molar-refractivity contribution is -0.136. The molecule has 3 rings (SSSR count). The minimum absolute atomic E-state index is 0.0545. The molecule has 2 aromatic rings. The average molecular weight is 410 g/mol. The van der Waals surface area contributed by atoms with E-state index < -0.39 is 5.97 Å². The van der Waals surface area contributed by atoms with E-state index in [0.717, 1.165) is 65.3 Å². The molecule has 160 valence electrons. The fraction of sp³-hybridized carbons (Fsp3) is 0.458. The van der Waals surface area contributed by atoms with Gasteiger partial charge in [0.1, 0.15) is 0 Å². The SMILES string of the molecule is Cc1nc(C)c(-c2ccc(CC(N)=O)cc2)c(N2CCC(C)(C)CC2)c1CC(=O)O. The van der Waals surface area contributed by atoms with Crippen LogP contribution in [-0.2, 0) is 22.4 Å². The van der Waals surface area contributed by atoms with Gasteiger partial charge in [-0.15, -0.1) is 0 Å². The van der Waals surface area contributed by atoms with Crippen LogP contribution in [0.2, 0.25) is 0 Å². The monoisotopic (exact) mass is 409 g/mol. The summed E-state index contributed by atoms with van der Waals surface area (Å²) in [6, 6.07) is 7.75. The van der Waals surface area contributed by atoms with Gasteiger partial charge in [0.25, 0.3) is 0 Å². The van der Waals surface area contributed by atoms with Crippen LogP contribution in [0.3, 0.4) is 0 Å². The van der Waals surface area contributed by atoms with Crippen LogP contribution in [0.4, 0.5) is 5.69 Å². The van der Waals surface area contributed by atoms with E-state index in [0.29, 0.717) is 0 Å². The molecule has 1 saturated heterocycles. The standard InChI is InChI=1S/C24H31N3O3/c1-15-19(14-21(29)30)23(27-11-9-24(3,4)10-12-27)22(16(2)26-15)18-7-5-17(6-8-18)13-20(25)28/h5-8H,9-14H2,1-4H3,(H2,25,28)(H,29,30). The van der Waals surface area contributed by atoms with Crippen molar-refractivity contribution in [1.29, 1.82) is 0 Å². The predicted octanol–water partition coefficient (Wildman–Crippen LogP) is 3.65. The van der Waals surface area contributed by atoms with Crippen LogP contribution >= 0.6 is 0 Å². The third-order valence-corrected chi connectivity index (χ3v) is 6.04. The van der Waals surface area contributed by atoms with E-state index in [-0.39, 0.29) is 24.2 Å². The summed E-state index contributed by atoms with van der Waals surface area (Å²) in [5.41, 5.74) is 11.8. The van der Waals surface area contributed by atoms with Crippen molar-refractivity contribution in [2.24, 2.45) is 11.1 Å². The molecule has 1 amide bonds. The molecular weight excluding hydrogens is 378 g/mol. The molecule has 0 radical (unpaired) electrons. The number of carbonyl (C=O) groups is 2. The normalized spacial score (nSPS) is 15.8. The van der Waals surface area contributed by atoms with E-state index in [1.54, 1.807) is 0 Å². The number of primary amides is 1. The van der Waals surface area contributed by atoms with Crippen LogP contribution in [0, 0.1) is 19.3 Å². The molecule has 1 aromatic heterocycles. The van der Waals surface area contributed by atoms with E-state index in [2.05, 4.69) is 18.7 Å². The smallest absolute Gasteiger partial charge is 0.307 e. The fourth-order valence-electron chi connectivity index (χ4n) is 4.25. The number of hydrogen-bond donors (Lipinski definition) is 2. The summed E-state index contributed by atoms with van der Waals surface area (Å²) in [6.45, 7) is 10.2. The summed E-state index contributed by atoms with van der Waals surface area (Å²) in [4.78, 5) is 29.9. The van der Waals surface area contributed by atoms with Crippen molar-refractivity contribution >= 4 is 17.6 Å². The first-order valence-electron chi connectivity index (χ1n) is 10.4. The number of pyridine rings is 1. The lowest BCUT2D eigenvalue weighted by Gasteiger charge is -2.40. The minimum atomic E-state index is -0.856. The molecule has 2 heterocycles. The second-order valence-corrected chi connectivity index (χ2v) is 9.05. The molecule has 30 heavy (non-hydrogen) atoms. The number of aryl methyl sites for hydroxylation is 2. The first-order valence-corrected chi connectivity index (χ1v) is 10.4. The number of piperidine rings is 1. The number of rotatable bonds is 6. The molecule has 6 nitrogen and oxygen atoms in total. The van der Waals surface area contributed by atoms with Gasteiger partial charge in [-0.05, 0) is 43.2 Å². The average Bonchev–Trinajstić information content (AvgIpc) is 2.64. The number of hydrogen-bond acceptors (Lipinski definition) is 4. The van der Waals surface area contributed by atoms with Gasteiger partial charge in [-0.3, -0.25) is 14.6 Å². The Morgan fingerprint density at radius 2 is 1.67 bits per heavy atom. The molecule has 6 heteroatoms. The number of nitrogens with two attached hydrogens (primary N) is 1. The second-order valence-electron chi connectivity index (χ2n) is 9.05. The van der Waals surface area contributed by atoms with Crippen molar-refractivity contribution in [1.82, 2.24) is 4.98 Å². The number of amides is 1. The second kappa shape index (κ2) is 8.46. The summed E-state index contributed by atoms with van der Waals surface area (Å²) >= 11 is 0. The molecule has 0 atom stereocenters. The molecule has 1 aliphatic rings. The maximum absolute atomic E-state index is 11.6. The molecule has 0 unspecified atom stereocenters. The van der Waals surface area contributed by atoms with Gasteiger partial charge in [0, 0.05) is 35.6 Å². The zero-order chi connectivity index (χ0) is 22.1. The van der Waals surface area contributed by atoms with E-state index in [4.69, 9.17) is 10.7 Å². The summed E-state index contributed by atoms with van der Waals surface area (Å²) in [7, 11) is 0. The first-order chi connectivity index (χ1) is 14.1. The highest BCUT2D eigenvalue weighted by Crippen LogP contribution is 2.41. The van der Waals surface area contributed by atoms with E-state index >= 15 is 0 Å². The maximum atomic E-state index is 11.6. The van der Waals surface area contributed by atoms with Crippen molar-refractivity contribution in [2.45, 2.75) is 53.4 Å². The highest BCUT2D eigenvalue weighted by atomic mass is 16.4. The van der Waals surface area contributed by atoms with Gasteiger partial charge in [0.15, 0.2) is 0 Å². The number of carboxylic acids is 1. The molecule has 3 N–H and O–H groups in total. The molecule has 0 saturated carbocycles. The molecule has 0 aliphatic carbocycles. The van der Waals surface area contributed by atoms with Crippen LogP contribution in [0.5, 0.6) is 0 Å². The van der Waals surface area contributed by atoms with Crippen molar-refractivity contribution in [3.05, 3.63) is 46.8 Å². The van der Waals surface area contributed by atoms with Crippen LogP contribution in [0.15, 0.2) is 24.3 Å². The summed E-state index contributed by atoms with van der Waals surface area (Å²) in [6.07, 6.45) is 2.25. The number of aromatic nitrogens is 1. The van der Waals surface area contributed by atoms with Gasteiger partial charge in [0.05, 0.1) is 18.5 Å². The Kier molecular flexibility index (Phi) is 6.15. The molecule has 1 fully saturated rings. The Morgan fingerprint density at radius 1 is 1.07 bits per heavy atom. The van der Waals surface area contributed by atoms with Crippen LogP contribution < -0.4 is 10.6 Å². The largest absolute Gasteiger partial charge is 0.481 e. The Balaban J connectivity index is 2.13. The number of carbonyl (C=O) groups excluding carboxylic acids is 1. The third kappa shape index (κ3) is 4.81. The first kappa shape index (κ1) is 21.8. The summed E-state index contributed by atoms with van der Waals surface area (Å²) in [5.74, 6) is -1.22. The van der Waals surface area contributed by atoms with Gasteiger partial charge in [-0.2, -0.15) is 0 Å². The topological polar surface area (TPSA) is 96.5 Å². The van der Waals surface area contributed by atoms with E-state index in [1.807, 2.05) is 38.1 Å². The molecular formula is C24H31N3O3. The number of nitrogens with zero attached hydrogens (tertiary/aromatic N) is 2. The molecule has 1 aromatic carbocycles. The van der Waals surface area contributed by atoms with Gasteiger partial charge in [-0.1, -0.05) is 38.1 Å². The highest BCUT2D eigenvalue weighted by molar-refractivity contribution is 5.86. The Labute approximate surface area is 178 Å². The van der Waals surface area contributed by atoms with Gasteiger partial charge < -0.3 is 15.7 Å². The Bertz CT molecular complexity index is 955.